The van der Waals surface area contributed by atoms with Gasteiger partial charge in [0.15, 0.2) is 0 Å². The van der Waals surface area contributed by atoms with Crippen molar-refractivity contribution in [3.05, 3.63) is 77.5 Å². The lowest BCUT2D eigenvalue weighted by atomic mass is 10.1. The second-order valence-corrected chi connectivity index (χ2v) is 5.86. The first-order valence-corrected chi connectivity index (χ1v) is 8.18. The standard InChI is InChI=1S/C20H19N3O3/c24-19(23-26)10-9-14-5-7-15(8-6-14)12-22-20(25)11-16-13-21-18-4-2-1-3-17(16)18/h1-10,13,21,26H,11-12H2,(H,22,25)(H,23,24)/b10-9+. The molecule has 0 radical (unpaired) electrons. The van der Waals surface area contributed by atoms with Crippen LogP contribution in [-0.2, 0) is 22.6 Å². The fraction of sp³-hybridized carbons (Fsp3) is 0.100. The predicted octanol–water partition coefficient (Wildman–Crippen LogP) is 2.55. The van der Waals surface area contributed by atoms with Gasteiger partial charge in [0.2, 0.25) is 5.91 Å². The average molecular weight is 349 g/mol. The van der Waals surface area contributed by atoms with E-state index in [0.717, 1.165) is 27.6 Å². The van der Waals surface area contributed by atoms with Gasteiger partial charge in [0.1, 0.15) is 0 Å². The summed E-state index contributed by atoms with van der Waals surface area (Å²) in [6, 6.07) is 15.3. The number of fused-ring (bicyclic) bond motifs is 1. The van der Waals surface area contributed by atoms with Crippen molar-refractivity contribution < 1.29 is 14.8 Å². The lowest BCUT2D eigenvalue weighted by Gasteiger charge is -2.05. The summed E-state index contributed by atoms with van der Waals surface area (Å²) < 4.78 is 0. The Bertz CT molecular complexity index is 942. The molecule has 0 atom stereocenters. The minimum Gasteiger partial charge on any atom is -0.361 e. The van der Waals surface area contributed by atoms with Gasteiger partial charge in [-0.15, -0.1) is 0 Å². The molecule has 1 heterocycles. The predicted molar refractivity (Wildman–Crippen MR) is 99.3 cm³/mol. The van der Waals surface area contributed by atoms with Crippen molar-refractivity contribution in [2.24, 2.45) is 0 Å². The molecule has 0 saturated carbocycles. The van der Waals surface area contributed by atoms with E-state index in [2.05, 4.69) is 10.3 Å². The van der Waals surface area contributed by atoms with Gasteiger partial charge in [-0.2, -0.15) is 0 Å². The Morgan fingerprint density at radius 1 is 1.08 bits per heavy atom. The topological polar surface area (TPSA) is 94.2 Å². The summed E-state index contributed by atoms with van der Waals surface area (Å²) in [7, 11) is 0. The Hall–Kier alpha value is -3.38. The number of hydrogen-bond donors (Lipinski definition) is 4. The molecule has 3 rings (SSSR count). The summed E-state index contributed by atoms with van der Waals surface area (Å²) >= 11 is 0. The second kappa shape index (κ2) is 8.13. The molecule has 0 spiro atoms. The lowest BCUT2D eigenvalue weighted by molar-refractivity contribution is -0.124. The highest BCUT2D eigenvalue weighted by atomic mass is 16.5. The third-order valence-corrected chi connectivity index (χ3v) is 4.03. The first-order valence-electron chi connectivity index (χ1n) is 8.18. The minimum atomic E-state index is -0.585. The van der Waals surface area contributed by atoms with Gasteiger partial charge < -0.3 is 10.3 Å². The summed E-state index contributed by atoms with van der Waals surface area (Å²) in [4.78, 5) is 26.3. The van der Waals surface area contributed by atoms with Gasteiger partial charge >= 0.3 is 0 Å². The van der Waals surface area contributed by atoms with Crippen LogP contribution < -0.4 is 10.8 Å². The first kappa shape index (κ1) is 17.4. The molecule has 6 heteroatoms. The van der Waals surface area contributed by atoms with Crippen LogP contribution in [-0.4, -0.2) is 22.0 Å². The van der Waals surface area contributed by atoms with E-state index in [0.29, 0.717) is 13.0 Å². The van der Waals surface area contributed by atoms with Gasteiger partial charge in [-0.3, -0.25) is 14.8 Å². The van der Waals surface area contributed by atoms with Crippen LogP contribution in [0, 0.1) is 0 Å². The first-order chi connectivity index (χ1) is 12.7. The maximum Gasteiger partial charge on any atom is 0.267 e. The molecule has 2 aromatic carbocycles. The Kier molecular flexibility index (Phi) is 5.46. The zero-order chi connectivity index (χ0) is 18.4. The molecule has 2 amide bonds. The smallest absolute Gasteiger partial charge is 0.267 e. The molecule has 0 unspecified atom stereocenters. The van der Waals surface area contributed by atoms with E-state index in [1.807, 2.05) is 54.7 Å². The summed E-state index contributed by atoms with van der Waals surface area (Å²) in [5.74, 6) is -0.628. The van der Waals surface area contributed by atoms with E-state index in [9.17, 15) is 9.59 Å². The molecule has 0 aliphatic rings. The highest BCUT2D eigenvalue weighted by molar-refractivity contribution is 5.91. The van der Waals surface area contributed by atoms with Crippen molar-refractivity contribution in [1.82, 2.24) is 15.8 Å². The van der Waals surface area contributed by atoms with E-state index >= 15 is 0 Å². The van der Waals surface area contributed by atoms with E-state index in [-0.39, 0.29) is 5.91 Å². The fourth-order valence-corrected chi connectivity index (χ4v) is 2.67. The van der Waals surface area contributed by atoms with Crippen LogP contribution in [0.15, 0.2) is 60.8 Å². The molecule has 6 nitrogen and oxygen atoms in total. The summed E-state index contributed by atoms with van der Waals surface area (Å²) in [6.07, 6.45) is 5.01. The molecule has 3 aromatic rings. The summed E-state index contributed by atoms with van der Waals surface area (Å²) in [5, 5.41) is 12.4. The Morgan fingerprint density at radius 2 is 1.85 bits per heavy atom. The Balaban J connectivity index is 1.54. The molecule has 132 valence electrons. The fourth-order valence-electron chi connectivity index (χ4n) is 2.67. The lowest BCUT2D eigenvalue weighted by Crippen LogP contribution is -2.24. The maximum absolute atomic E-state index is 12.2. The number of nitrogens with one attached hydrogen (secondary N) is 3. The number of carbonyl (C=O) groups excluding carboxylic acids is 2. The number of aromatic amines is 1. The molecule has 26 heavy (non-hydrogen) atoms. The number of carbonyl (C=O) groups is 2. The van der Waals surface area contributed by atoms with E-state index < -0.39 is 5.91 Å². The Labute approximate surface area is 150 Å². The van der Waals surface area contributed by atoms with Gasteiger partial charge in [-0.05, 0) is 28.8 Å². The highest BCUT2D eigenvalue weighted by Crippen LogP contribution is 2.18. The van der Waals surface area contributed by atoms with Gasteiger partial charge in [-0.1, -0.05) is 42.5 Å². The largest absolute Gasteiger partial charge is 0.361 e. The summed E-state index contributed by atoms with van der Waals surface area (Å²) in [6.45, 7) is 0.433. The van der Waals surface area contributed by atoms with Crippen molar-refractivity contribution in [3.63, 3.8) is 0 Å². The van der Waals surface area contributed by atoms with Crippen LogP contribution in [0.5, 0.6) is 0 Å². The molecule has 0 aliphatic carbocycles. The van der Waals surface area contributed by atoms with Gasteiger partial charge in [-0.25, -0.2) is 5.48 Å². The third kappa shape index (κ3) is 4.37. The van der Waals surface area contributed by atoms with Crippen molar-refractivity contribution >= 4 is 28.8 Å². The number of hydroxylamine groups is 1. The zero-order valence-electron chi connectivity index (χ0n) is 14.0. The number of benzene rings is 2. The third-order valence-electron chi connectivity index (χ3n) is 4.03. The molecule has 4 N–H and O–H groups in total. The maximum atomic E-state index is 12.2. The molecule has 1 aromatic heterocycles. The average Bonchev–Trinajstić information content (AvgIpc) is 3.08. The number of hydrogen-bond acceptors (Lipinski definition) is 3. The van der Waals surface area contributed by atoms with Crippen molar-refractivity contribution in [1.29, 1.82) is 0 Å². The van der Waals surface area contributed by atoms with Crippen LogP contribution in [0.25, 0.3) is 17.0 Å². The van der Waals surface area contributed by atoms with E-state index in [1.165, 1.54) is 11.6 Å². The molecule has 0 saturated heterocycles. The van der Waals surface area contributed by atoms with Crippen LogP contribution in [0.1, 0.15) is 16.7 Å². The minimum absolute atomic E-state index is 0.0432. The van der Waals surface area contributed by atoms with E-state index in [4.69, 9.17) is 5.21 Å². The molecule has 0 bridgehead atoms. The Morgan fingerprint density at radius 3 is 2.62 bits per heavy atom. The molecule has 0 fully saturated rings. The van der Waals surface area contributed by atoms with E-state index in [1.54, 1.807) is 6.08 Å². The number of amides is 2. The monoisotopic (exact) mass is 349 g/mol. The van der Waals surface area contributed by atoms with Crippen LogP contribution in [0.2, 0.25) is 0 Å². The normalized spacial score (nSPS) is 11.0. The zero-order valence-corrected chi connectivity index (χ0v) is 14.0. The van der Waals surface area contributed by atoms with Crippen molar-refractivity contribution in [2.75, 3.05) is 0 Å². The van der Waals surface area contributed by atoms with Crippen molar-refractivity contribution in [3.8, 4) is 0 Å². The number of H-pyrrole nitrogens is 1. The van der Waals surface area contributed by atoms with Crippen LogP contribution >= 0.6 is 0 Å². The number of rotatable bonds is 6. The summed E-state index contributed by atoms with van der Waals surface area (Å²) in [5.41, 5.74) is 5.31. The second-order valence-electron chi connectivity index (χ2n) is 5.86. The quantitative estimate of drug-likeness (QED) is 0.313. The molecular formula is C20H19N3O3. The SMILES string of the molecule is O=C(/C=C/c1ccc(CNC(=O)Cc2c[nH]c3ccccc23)cc1)NO. The van der Waals surface area contributed by atoms with Gasteiger partial charge in [0.05, 0.1) is 6.42 Å². The molecular weight excluding hydrogens is 330 g/mol. The number of para-hydroxylation sites is 1. The van der Waals surface area contributed by atoms with Crippen molar-refractivity contribution in [2.45, 2.75) is 13.0 Å². The van der Waals surface area contributed by atoms with Crippen LogP contribution in [0.3, 0.4) is 0 Å². The number of aromatic nitrogens is 1. The van der Waals surface area contributed by atoms with Gasteiger partial charge in [0.25, 0.3) is 5.91 Å². The molecule has 0 aliphatic heterocycles. The highest BCUT2D eigenvalue weighted by Gasteiger charge is 2.08. The van der Waals surface area contributed by atoms with Gasteiger partial charge in [0, 0.05) is 29.7 Å². The van der Waals surface area contributed by atoms with Crippen LogP contribution in [0.4, 0.5) is 0 Å².